The Bertz CT molecular complexity index is 800. The van der Waals surface area contributed by atoms with Gasteiger partial charge in [0, 0.05) is 6.07 Å². The van der Waals surface area contributed by atoms with Crippen LogP contribution in [0.2, 0.25) is 10.0 Å². The Kier molecular flexibility index (Phi) is 3.35. The van der Waals surface area contributed by atoms with Gasteiger partial charge in [0.05, 0.1) is 22.7 Å². The zero-order valence-electron chi connectivity index (χ0n) is 10.9. The van der Waals surface area contributed by atoms with Gasteiger partial charge >= 0.3 is 0 Å². The van der Waals surface area contributed by atoms with E-state index in [1.54, 1.807) is 24.3 Å². The van der Waals surface area contributed by atoms with Crippen LogP contribution in [-0.2, 0) is 0 Å². The minimum Gasteiger partial charge on any atom is -0.618 e. The van der Waals surface area contributed by atoms with Crippen LogP contribution in [-0.4, -0.2) is 23.3 Å². The molecule has 106 valence electrons. The number of para-hydroxylation sites is 1. The molecular weight excluding hydrogens is 313 g/mol. The fourth-order valence-corrected chi connectivity index (χ4v) is 2.62. The number of rotatable bonds is 2. The van der Waals surface area contributed by atoms with Crippen molar-refractivity contribution in [1.29, 1.82) is 0 Å². The van der Waals surface area contributed by atoms with E-state index in [2.05, 4.69) is 0 Å². The van der Waals surface area contributed by atoms with Crippen LogP contribution in [0.15, 0.2) is 36.4 Å². The second-order valence-corrected chi connectivity index (χ2v) is 5.27. The molecule has 21 heavy (non-hydrogen) atoms. The third-order valence-electron chi connectivity index (χ3n) is 3.28. The first-order valence-electron chi connectivity index (χ1n) is 6.06. The Morgan fingerprint density at radius 1 is 1.10 bits per heavy atom. The van der Waals surface area contributed by atoms with Crippen molar-refractivity contribution in [3.05, 3.63) is 62.8 Å². The van der Waals surface area contributed by atoms with E-state index in [4.69, 9.17) is 27.9 Å². The highest BCUT2D eigenvalue weighted by Gasteiger charge is 2.38. The zero-order valence-corrected chi connectivity index (χ0v) is 12.4. The molecule has 0 unspecified atom stereocenters. The second-order valence-electron chi connectivity index (χ2n) is 4.46. The molecule has 0 spiro atoms. The molecule has 0 bridgehead atoms. The molecule has 0 fully saturated rings. The number of carbonyl (C=O) groups is 1. The van der Waals surface area contributed by atoms with E-state index < -0.39 is 5.78 Å². The molecule has 4 nitrogen and oxygen atoms in total. The molecule has 2 aromatic rings. The average Bonchev–Trinajstić information content (AvgIpc) is 2.71. The third kappa shape index (κ3) is 2.07. The van der Waals surface area contributed by atoms with Gasteiger partial charge in [0.15, 0.2) is 0 Å². The molecule has 0 aliphatic carbocycles. The number of hydrogen-bond acceptors (Lipinski definition) is 3. The van der Waals surface area contributed by atoms with E-state index in [0.717, 1.165) is 0 Å². The Morgan fingerprint density at radius 3 is 2.48 bits per heavy atom. The number of ketones is 1. The maximum atomic E-state index is 12.5. The van der Waals surface area contributed by atoms with Gasteiger partial charge in [-0.25, -0.2) is 0 Å². The van der Waals surface area contributed by atoms with Crippen LogP contribution in [0.3, 0.4) is 0 Å². The van der Waals surface area contributed by atoms with Crippen molar-refractivity contribution in [1.82, 2.24) is 0 Å². The zero-order chi connectivity index (χ0) is 15.1. The molecule has 0 radical (unpaired) electrons. The van der Waals surface area contributed by atoms with Crippen molar-refractivity contribution in [3.63, 3.8) is 0 Å². The first kappa shape index (κ1) is 13.9. The van der Waals surface area contributed by atoms with Gasteiger partial charge in [-0.1, -0.05) is 35.3 Å². The van der Waals surface area contributed by atoms with Gasteiger partial charge in [0.25, 0.3) is 11.5 Å². The quantitative estimate of drug-likeness (QED) is 0.624. The number of carbonyl (C=O) groups excluding carboxylic acids is 1. The predicted octanol–water partition coefficient (Wildman–Crippen LogP) is 3.83. The summed E-state index contributed by atoms with van der Waals surface area (Å²) in [5.41, 5.74) is 0.861. The summed E-state index contributed by atoms with van der Waals surface area (Å²) in [6, 6.07) is 9.65. The molecule has 6 heteroatoms. The summed E-state index contributed by atoms with van der Waals surface area (Å²) in [5, 5.41) is 12.9. The number of halogens is 2. The average molecular weight is 322 g/mol. The number of methoxy groups -OCH3 is 1. The van der Waals surface area contributed by atoms with Crippen LogP contribution in [0.1, 0.15) is 15.9 Å². The van der Waals surface area contributed by atoms with Crippen molar-refractivity contribution in [2.75, 3.05) is 7.11 Å². The first-order valence-corrected chi connectivity index (χ1v) is 6.81. The first-order chi connectivity index (χ1) is 10.0. The van der Waals surface area contributed by atoms with Crippen LogP contribution in [0.25, 0.3) is 0 Å². The van der Waals surface area contributed by atoms with Crippen LogP contribution in [0.5, 0.6) is 5.75 Å². The van der Waals surface area contributed by atoms with Crippen LogP contribution in [0.4, 0.5) is 5.69 Å². The lowest BCUT2D eigenvalue weighted by molar-refractivity contribution is -0.355. The summed E-state index contributed by atoms with van der Waals surface area (Å²) in [6.07, 6.45) is 0. The number of hydrogen-bond donors (Lipinski definition) is 0. The predicted molar refractivity (Wildman–Crippen MR) is 81.2 cm³/mol. The van der Waals surface area contributed by atoms with Gasteiger partial charge in [0.2, 0.25) is 5.69 Å². The monoisotopic (exact) mass is 321 g/mol. The summed E-state index contributed by atoms with van der Waals surface area (Å²) >= 11 is 11.8. The minimum absolute atomic E-state index is 0.000725. The van der Waals surface area contributed by atoms with Crippen LogP contribution < -0.4 is 4.74 Å². The van der Waals surface area contributed by atoms with E-state index in [9.17, 15) is 10.0 Å². The molecule has 1 aliphatic rings. The molecule has 0 amide bonds. The number of nitrogens with zero attached hydrogens (tertiary/aromatic N) is 1. The van der Waals surface area contributed by atoms with Crippen LogP contribution >= 0.6 is 23.2 Å². The fourth-order valence-electron chi connectivity index (χ4n) is 2.30. The van der Waals surface area contributed by atoms with Crippen molar-refractivity contribution in [3.8, 4) is 5.75 Å². The summed E-state index contributed by atoms with van der Waals surface area (Å²) < 4.78 is 5.78. The Labute approximate surface area is 130 Å². The summed E-state index contributed by atoms with van der Waals surface area (Å²) in [7, 11) is 1.48. The molecule has 1 aliphatic heterocycles. The SMILES string of the molecule is COc1ccccc1C1=[N+]([O-])c2cc(Cl)c(Cl)cc2C1=O. The summed E-state index contributed by atoms with van der Waals surface area (Å²) in [6.45, 7) is 0. The molecule has 0 atom stereocenters. The van der Waals surface area contributed by atoms with E-state index >= 15 is 0 Å². The van der Waals surface area contributed by atoms with Gasteiger partial charge in [-0.15, -0.1) is 0 Å². The third-order valence-corrected chi connectivity index (χ3v) is 4.00. The van der Waals surface area contributed by atoms with Gasteiger partial charge < -0.3 is 9.94 Å². The maximum absolute atomic E-state index is 12.5. The van der Waals surface area contributed by atoms with Crippen LogP contribution in [0, 0.1) is 5.21 Å². The molecule has 0 aromatic heterocycles. The number of ether oxygens (including phenoxy) is 1. The topological polar surface area (TPSA) is 52.4 Å². The second kappa shape index (κ2) is 5.06. The fraction of sp³-hybridized carbons (Fsp3) is 0.0667. The molecule has 0 N–H and O–H groups in total. The molecule has 1 heterocycles. The molecule has 2 aromatic carbocycles. The normalized spacial score (nSPS) is 13.6. The minimum atomic E-state index is -0.400. The smallest absolute Gasteiger partial charge is 0.276 e. The van der Waals surface area contributed by atoms with E-state index in [1.165, 1.54) is 19.2 Å². The van der Waals surface area contributed by atoms with E-state index in [-0.39, 0.29) is 27.0 Å². The number of benzene rings is 2. The van der Waals surface area contributed by atoms with E-state index in [0.29, 0.717) is 16.1 Å². The number of fused-ring (bicyclic) bond motifs is 1. The molecule has 0 saturated heterocycles. The summed E-state index contributed by atoms with van der Waals surface area (Å²) in [4.78, 5) is 12.5. The Morgan fingerprint density at radius 2 is 1.76 bits per heavy atom. The number of Topliss-reactive ketones (excluding diaryl/α,β-unsaturated/α-hetero) is 1. The van der Waals surface area contributed by atoms with Gasteiger partial charge in [-0.3, -0.25) is 4.79 Å². The highest BCUT2D eigenvalue weighted by Crippen LogP contribution is 2.36. The van der Waals surface area contributed by atoms with Crippen molar-refractivity contribution < 1.29 is 14.3 Å². The maximum Gasteiger partial charge on any atom is 0.276 e. The Hall–Kier alpha value is -2.04. The van der Waals surface area contributed by atoms with Crippen molar-refractivity contribution in [2.45, 2.75) is 0 Å². The van der Waals surface area contributed by atoms with Gasteiger partial charge in [-0.2, -0.15) is 4.74 Å². The van der Waals surface area contributed by atoms with Gasteiger partial charge in [0.1, 0.15) is 11.3 Å². The molecular formula is C15H9Cl2NO3. The highest BCUT2D eigenvalue weighted by molar-refractivity contribution is 6.53. The highest BCUT2D eigenvalue weighted by atomic mass is 35.5. The van der Waals surface area contributed by atoms with Crippen molar-refractivity contribution in [2.24, 2.45) is 0 Å². The largest absolute Gasteiger partial charge is 0.618 e. The van der Waals surface area contributed by atoms with Crippen molar-refractivity contribution >= 4 is 40.4 Å². The lowest BCUT2D eigenvalue weighted by atomic mass is 10.0. The molecule has 0 saturated carbocycles. The lowest BCUT2D eigenvalue weighted by Gasteiger charge is -2.06. The standard InChI is InChI=1S/C15H9Cl2NO3/c1-21-13-5-3-2-4-8(13)14-15(19)9-6-10(16)11(17)7-12(9)18(14)20/h2-7H,1H3. The summed E-state index contributed by atoms with van der Waals surface area (Å²) in [5.74, 6) is 0.0507. The van der Waals surface area contributed by atoms with Gasteiger partial charge in [-0.05, 0) is 18.2 Å². The van der Waals surface area contributed by atoms with E-state index in [1.807, 2.05) is 0 Å². The lowest BCUT2D eigenvalue weighted by Crippen LogP contribution is -2.17. The Balaban J connectivity index is 2.24. The molecule has 3 rings (SSSR count).